The van der Waals surface area contributed by atoms with Crippen LogP contribution < -0.4 is 0 Å². The molecule has 3 rings (SSSR count). The number of hydrogen-bond acceptors (Lipinski definition) is 3. The maximum Gasteiger partial charge on any atom is 0.137 e. The van der Waals surface area contributed by atoms with E-state index in [1.54, 1.807) is 0 Å². The van der Waals surface area contributed by atoms with Crippen LogP contribution in [0.2, 0.25) is 0 Å². The van der Waals surface area contributed by atoms with Gasteiger partial charge in [-0.3, -0.25) is 4.90 Å². The zero-order chi connectivity index (χ0) is 14.8. The van der Waals surface area contributed by atoms with Gasteiger partial charge in [0.1, 0.15) is 5.82 Å². The molecule has 4 heteroatoms. The maximum absolute atomic E-state index is 4.81. The Hall–Kier alpha value is -1.65. The Morgan fingerprint density at radius 2 is 2.00 bits per heavy atom. The number of hydrogen-bond donors (Lipinski definition) is 1. The van der Waals surface area contributed by atoms with Crippen molar-refractivity contribution in [1.82, 2.24) is 19.8 Å². The molecule has 1 N–H and O–H groups in total. The number of aryl methyl sites for hydroxylation is 1. The highest BCUT2D eigenvalue weighted by molar-refractivity contribution is 5.55. The van der Waals surface area contributed by atoms with Crippen molar-refractivity contribution in [3.63, 3.8) is 0 Å². The first-order valence-corrected chi connectivity index (χ1v) is 7.67. The second-order valence-electron chi connectivity index (χ2n) is 6.09. The van der Waals surface area contributed by atoms with E-state index in [4.69, 9.17) is 4.98 Å². The summed E-state index contributed by atoms with van der Waals surface area (Å²) in [6.07, 6.45) is 0. The summed E-state index contributed by atoms with van der Waals surface area (Å²) in [5, 5.41) is 0. The van der Waals surface area contributed by atoms with Gasteiger partial charge in [-0.1, -0.05) is 30.3 Å². The van der Waals surface area contributed by atoms with Crippen molar-refractivity contribution in [1.29, 1.82) is 0 Å². The molecular formula is C17H24N4. The van der Waals surface area contributed by atoms with E-state index in [2.05, 4.69) is 59.9 Å². The number of piperazine rings is 1. The minimum atomic E-state index is 0.617. The molecule has 0 spiro atoms. The Morgan fingerprint density at radius 1 is 1.24 bits per heavy atom. The van der Waals surface area contributed by atoms with Crippen molar-refractivity contribution in [3.05, 3.63) is 41.7 Å². The second kappa shape index (κ2) is 6.00. The molecule has 1 aromatic carbocycles. The zero-order valence-corrected chi connectivity index (χ0v) is 13.1. The molecule has 21 heavy (non-hydrogen) atoms. The number of aromatic nitrogens is 2. The van der Waals surface area contributed by atoms with Crippen molar-refractivity contribution in [2.75, 3.05) is 26.7 Å². The van der Waals surface area contributed by atoms with Crippen LogP contribution in [0.15, 0.2) is 30.3 Å². The van der Waals surface area contributed by atoms with E-state index in [0.717, 1.165) is 37.6 Å². The number of nitrogens with one attached hydrogen (secondary N) is 1. The fourth-order valence-corrected chi connectivity index (χ4v) is 2.86. The Morgan fingerprint density at radius 3 is 2.71 bits per heavy atom. The van der Waals surface area contributed by atoms with Gasteiger partial charge in [-0.05, 0) is 20.9 Å². The molecule has 0 bridgehead atoms. The normalized spacial score (nSPS) is 20.8. The van der Waals surface area contributed by atoms with E-state index in [0.29, 0.717) is 6.04 Å². The minimum absolute atomic E-state index is 0.617. The molecule has 0 saturated carbocycles. The highest BCUT2D eigenvalue weighted by atomic mass is 15.3. The van der Waals surface area contributed by atoms with E-state index < -0.39 is 0 Å². The van der Waals surface area contributed by atoms with Crippen LogP contribution in [0.3, 0.4) is 0 Å². The lowest BCUT2D eigenvalue weighted by Crippen LogP contribution is -2.49. The largest absolute Gasteiger partial charge is 0.342 e. The van der Waals surface area contributed by atoms with E-state index in [9.17, 15) is 0 Å². The Labute approximate surface area is 126 Å². The average molecular weight is 284 g/mol. The van der Waals surface area contributed by atoms with Crippen molar-refractivity contribution >= 4 is 0 Å². The molecule has 0 aliphatic carbocycles. The molecule has 112 valence electrons. The molecule has 1 saturated heterocycles. The topological polar surface area (TPSA) is 35.2 Å². The van der Waals surface area contributed by atoms with Gasteiger partial charge in [0.05, 0.1) is 5.69 Å². The molecule has 0 radical (unpaired) electrons. The lowest BCUT2D eigenvalue weighted by Gasteiger charge is -2.37. The van der Waals surface area contributed by atoms with Crippen LogP contribution in [0.4, 0.5) is 0 Å². The maximum atomic E-state index is 4.81. The third kappa shape index (κ3) is 3.17. The van der Waals surface area contributed by atoms with Gasteiger partial charge in [-0.25, -0.2) is 4.98 Å². The number of rotatable bonds is 3. The van der Waals surface area contributed by atoms with Gasteiger partial charge in [-0.2, -0.15) is 0 Å². The zero-order valence-electron chi connectivity index (χ0n) is 13.1. The first-order chi connectivity index (χ1) is 10.1. The van der Waals surface area contributed by atoms with Gasteiger partial charge in [0.25, 0.3) is 0 Å². The van der Waals surface area contributed by atoms with Crippen LogP contribution in [0.5, 0.6) is 0 Å². The highest BCUT2D eigenvalue weighted by Gasteiger charge is 2.22. The van der Waals surface area contributed by atoms with Crippen molar-refractivity contribution in [3.8, 4) is 11.4 Å². The van der Waals surface area contributed by atoms with Gasteiger partial charge in [0.2, 0.25) is 0 Å². The van der Waals surface area contributed by atoms with Gasteiger partial charge in [-0.15, -0.1) is 0 Å². The molecule has 0 unspecified atom stereocenters. The molecule has 1 aromatic heterocycles. The fraction of sp³-hybridized carbons (Fsp3) is 0.471. The fourth-order valence-electron chi connectivity index (χ4n) is 2.86. The monoisotopic (exact) mass is 284 g/mol. The van der Waals surface area contributed by atoms with E-state index in [1.165, 1.54) is 11.4 Å². The number of H-pyrrole nitrogens is 1. The molecule has 1 aliphatic rings. The summed E-state index contributed by atoms with van der Waals surface area (Å²) >= 11 is 0. The van der Waals surface area contributed by atoms with Crippen molar-refractivity contribution in [2.45, 2.75) is 26.4 Å². The summed E-state index contributed by atoms with van der Waals surface area (Å²) in [5.74, 6) is 0.977. The van der Waals surface area contributed by atoms with Crippen molar-refractivity contribution in [2.24, 2.45) is 0 Å². The predicted octanol–water partition coefficient (Wildman–Crippen LogP) is 2.52. The summed E-state index contributed by atoms with van der Waals surface area (Å²) < 4.78 is 0. The first-order valence-electron chi connectivity index (χ1n) is 7.67. The standard InChI is InChI=1S/C17H24N4/c1-13-11-21(10-9-20(13)3)12-16-14(2)18-17(19-16)15-7-5-4-6-8-15/h4-8,13H,9-12H2,1-3H3,(H,18,19)/t13-/m0/s1. The third-order valence-electron chi connectivity index (χ3n) is 4.45. The van der Waals surface area contributed by atoms with Gasteiger partial charge in [0.15, 0.2) is 0 Å². The molecule has 1 fully saturated rings. The van der Waals surface area contributed by atoms with Crippen LogP contribution in [0.25, 0.3) is 11.4 Å². The first kappa shape index (κ1) is 14.3. The van der Waals surface area contributed by atoms with E-state index in [-0.39, 0.29) is 0 Å². The van der Waals surface area contributed by atoms with Crippen LogP contribution in [-0.4, -0.2) is 52.5 Å². The minimum Gasteiger partial charge on any atom is -0.342 e. The van der Waals surface area contributed by atoms with Crippen molar-refractivity contribution < 1.29 is 0 Å². The van der Waals surface area contributed by atoms with Gasteiger partial charge in [0, 0.05) is 43.5 Å². The lowest BCUT2D eigenvalue weighted by atomic mass is 10.2. The molecule has 0 amide bonds. The Balaban J connectivity index is 1.73. The summed E-state index contributed by atoms with van der Waals surface area (Å²) in [7, 11) is 2.20. The molecule has 2 heterocycles. The van der Waals surface area contributed by atoms with Crippen LogP contribution in [0, 0.1) is 6.92 Å². The predicted molar refractivity (Wildman–Crippen MR) is 86.1 cm³/mol. The number of benzene rings is 1. The summed E-state index contributed by atoms with van der Waals surface area (Å²) in [6.45, 7) is 8.72. The summed E-state index contributed by atoms with van der Waals surface area (Å²) in [6, 6.07) is 10.9. The van der Waals surface area contributed by atoms with E-state index >= 15 is 0 Å². The van der Waals surface area contributed by atoms with Crippen LogP contribution in [-0.2, 0) is 6.54 Å². The molecular weight excluding hydrogens is 260 g/mol. The van der Waals surface area contributed by atoms with Gasteiger partial charge < -0.3 is 9.88 Å². The number of imidazole rings is 1. The lowest BCUT2D eigenvalue weighted by molar-refractivity contribution is 0.0990. The van der Waals surface area contributed by atoms with E-state index in [1.807, 2.05) is 6.07 Å². The molecule has 4 nitrogen and oxygen atoms in total. The van der Waals surface area contributed by atoms with Gasteiger partial charge >= 0.3 is 0 Å². The Bertz CT molecular complexity index is 590. The number of nitrogens with zero attached hydrogens (tertiary/aromatic N) is 3. The molecule has 2 aromatic rings. The number of likely N-dealkylation sites (N-methyl/N-ethyl adjacent to an activating group) is 1. The quantitative estimate of drug-likeness (QED) is 0.940. The second-order valence-corrected chi connectivity index (χ2v) is 6.09. The van der Waals surface area contributed by atoms with Crippen LogP contribution >= 0.6 is 0 Å². The SMILES string of the molecule is Cc1[nH]c(-c2ccccc2)nc1CN1CCN(C)[C@@H](C)C1. The van der Waals surface area contributed by atoms with Crippen LogP contribution in [0.1, 0.15) is 18.3 Å². The summed E-state index contributed by atoms with van der Waals surface area (Å²) in [5.41, 5.74) is 3.50. The Kier molecular flexibility index (Phi) is 4.08. The molecule has 1 aliphatic heterocycles. The third-order valence-corrected chi connectivity index (χ3v) is 4.45. The average Bonchev–Trinajstić information content (AvgIpc) is 2.85. The smallest absolute Gasteiger partial charge is 0.137 e. The number of aromatic amines is 1. The highest BCUT2D eigenvalue weighted by Crippen LogP contribution is 2.19. The molecule has 1 atom stereocenters. The summed E-state index contributed by atoms with van der Waals surface area (Å²) in [4.78, 5) is 13.2.